The molecule has 0 aliphatic heterocycles. The predicted octanol–water partition coefficient (Wildman–Crippen LogP) is 2.81. The van der Waals surface area contributed by atoms with Gasteiger partial charge in [-0.3, -0.25) is 0 Å². The fourth-order valence-electron chi connectivity index (χ4n) is 1.50. The maximum absolute atomic E-state index is 13.2. The van der Waals surface area contributed by atoms with E-state index in [9.17, 15) is 13.2 Å². The molecule has 94 valence electrons. The zero-order valence-corrected chi connectivity index (χ0v) is 9.19. The summed E-state index contributed by atoms with van der Waals surface area (Å²) in [7, 11) is 0. The van der Waals surface area contributed by atoms with Crippen LogP contribution in [0.25, 0.3) is 0 Å². The lowest BCUT2D eigenvalue weighted by atomic mass is 10.1. The Morgan fingerprint density at radius 1 is 1.11 bits per heavy atom. The van der Waals surface area contributed by atoms with Crippen molar-refractivity contribution in [3.63, 3.8) is 0 Å². The van der Waals surface area contributed by atoms with Crippen LogP contribution in [-0.2, 0) is 6.42 Å². The fourth-order valence-corrected chi connectivity index (χ4v) is 1.50. The Morgan fingerprint density at radius 3 is 2.50 bits per heavy atom. The van der Waals surface area contributed by atoms with E-state index < -0.39 is 18.2 Å². The molecule has 0 amide bonds. The zero-order valence-electron chi connectivity index (χ0n) is 9.19. The van der Waals surface area contributed by atoms with Crippen LogP contribution < -0.4 is 4.74 Å². The van der Waals surface area contributed by atoms with Crippen LogP contribution in [0.15, 0.2) is 36.9 Å². The van der Waals surface area contributed by atoms with Gasteiger partial charge in [-0.2, -0.15) is 8.78 Å². The Labute approximate surface area is 101 Å². The lowest BCUT2D eigenvalue weighted by Gasteiger charge is -2.08. The minimum absolute atomic E-state index is 0.417. The molecule has 1 aromatic heterocycles. The first-order valence-corrected chi connectivity index (χ1v) is 5.12. The standard InChI is InChI=1S/C12H9F3N2O/c13-10-2-1-8(4-11(10)18-12(14)15)3-9-5-16-7-17-6-9/h1-2,4-7,12H,3H2. The third-order valence-electron chi connectivity index (χ3n) is 2.23. The van der Waals surface area contributed by atoms with Crippen molar-refractivity contribution in [2.45, 2.75) is 13.0 Å². The molecule has 2 aromatic rings. The molecule has 0 aliphatic rings. The van der Waals surface area contributed by atoms with Gasteiger partial charge in [-0.25, -0.2) is 14.4 Å². The molecule has 0 radical (unpaired) electrons. The highest BCUT2D eigenvalue weighted by atomic mass is 19.3. The summed E-state index contributed by atoms with van der Waals surface area (Å²) in [6.45, 7) is -3.05. The minimum atomic E-state index is -3.05. The fraction of sp³-hybridized carbons (Fsp3) is 0.167. The summed E-state index contributed by atoms with van der Waals surface area (Å²) in [5.74, 6) is -1.28. The number of rotatable bonds is 4. The lowest BCUT2D eigenvalue weighted by Crippen LogP contribution is -2.04. The highest BCUT2D eigenvalue weighted by molar-refractivity contribution is 5.33. The number of halogens is 3. The summed E-state index contributed by atoms with van der Waals surface area (Å²) in [6.07, 6.45) is 5.01. The van der Waals surface area contributed by atoms with E-state index in [1.807, 2.05) is 0 Å². The van der Waals surface area contributed by atoms with Crippen molar-refractivity contribution in [3.8, 4) is 5.75 Å². The van der Waals surface area contributed by atoms with Gasteiger partial charge in [-0.05, 0) is 23.3 Å². The first-order valence-electron chi connectivity index (χ1n) is 5.12. The number of hydrogen-bond acceptors (Lipinski definition) is 3. The largest absolute Gasteiger partial charge is 0.432 e. The van der Waals surface area contributed by atoms with E-state index in [0.29, 0.717) is 12.0 Å². The van der Waals surface area contributed by atoms with Gasteiger partial charge in [0.25, 0.3) is 0 Å². The van der Waals surface area contributed by atoms with Crippen LogP contribution in [0.2, 0.25) is 0 Å². The van der Waals surface area contributed by atoms with Crippen molar-refractivity contribution in [1.82, 2.24) is 9.97 Å². The Hall–Kier alpha value is -2.11. The molecule has 1 heterocycles. The average Bonchev–Trinajstić information content (AvgIpc) is 2.34. The van der Waals surface area contributed by atoms with Gasteiger partial charge in [0.15, 0.2) is 11.6 Å². The van der Waals surface area contributed by atoms with Crippen LogP contribution in [0.3, 0.4) is 0 Å². The molecule has 1 aromatic carbocycles. The van der Waals surface area contributed by atoms with Crippen LogP contribution in [0.4, 0.5) is 13.2 Å². The maximum atomic E-state index is 13.2. The van der Waals surface area contributed by atoms with Crippen molar-refractivity contribution in [3.05, 3.63) is 53.9 Å². The minimum Gasteiger partial charge on any atom is -0.432 e. The normalized spacial score (nSPS) is 10.7. The molecule has 0 aliphatic carbocycles. The number of benzene rings is 1. The summed E-state index contributed by atoms with van der Waals surface area (Å²) in [4.78, 5) is 7.67. The van der Waals surface area contributed by atoms with Gasteiger partial charge in [-0.1, -0.05) is 6.07 Å². The van der Waals surface area contributed by atoms with E-state index >= 15 is 0 Å². The number of nitrogens with zero attached hydrogens (tertiary/aromatic N) is 2. The van der Waals surface area contributed by atoms with Crippen LogP contribution in [0.1, 0.15) is 11.1 Å². The van der Waals surface area contributed by atoms with E-state index in [0.717, 1.165) is 11.6 Å². The topological polar surface area (TPSA) is 35.0 Å². The SMILES string of the molecule is Fc1ccc(Cc2cncnc2)cc1OC(F)F. The molecule has 2 rings (SSSR count). The van der Waals surface area contributed by atoms with E-state index in [1.54, 1.807) is 12.4 Å². The molecule has 3 nitrogen and oxygen atoms in total. The zero-order chi connectivity index (χ0) is 13.0. The molecule has 6 heteroatoms. The molecular formula is C12H9F3N2O. The predicted molar refractivity (Wildman–Crippen MR) is 57.9 cm³/mol. The monoisotopic (exact) mass is 254 g/mol. The quantitative estimate of drug-likeness (QED) is 0.841. The summed E-state index contributed by atoms with van der Waals surface area (Å²) in [6, 6.07) is 3.84. The molecule has 0 bridgehead atoms. The molecule has 0 atom stereocenters. The molecule has 0 fully saturated rings. The van der Waals surface area contributed by atoms with E-state index in [-0.39, 0.29) is 0 Å². The van der Waals surface area contributed by atoms with Gasteiger partial charge in [-0.15, -0.1) is 0 Å². The van der Waals surface area contributed by atoms with Crippen LogP contribution in [0, 0.1) is 5.82 Å². The highest BCUT2D eigenvalue weighted by Crippen LogP contribution is 2.22. The number of hydrogen-bond donors (Lipinski definition) is 0. The second-order valence-corrected chi connectivity index (χ2v) is 3.57. The third-order valence-corrected chi connectivity index (χ3v) is 2.23. The van der Waals surface area contributed by atoms with Gasteiger partial charge < -0.3 is 4.74 Å². The van der Waals surface area contributed by atoms with Gasteiger partial charge >= 0.3 is 6.61 Å². The van der Waals surface area contributed by atoms with Crippen LogP contribution >= 0.6 is 0 Å². The second-order valence-electron chi connectivity index (χ2n) is 3.57. The van der Waals surface area contributed by atoms with Crippen molar-refractivity contribution in [2.24, 2.45) is 0 Å². The number of alkyl halides is 2. The summed E-state index contributed by atoms with van der Waals surface area (Å²) < 4.78 is 41.4. The first kappa shape index (κ1) is 12.3. The van der Waals surface area contributed by atoms with Crippen molar-refractivity contribution in [2.75, 3.05) is 0 Å². The molecule has 0 N–H and O–H groups in total. The number of ether oxygens (including phenoxy) is 1. The Bertz CT molecular complexity index is 520. The van der Waals surface area contributed by atoms with Crippen LogP contribution in [0.5, 0.6) is 5.75 Å². The molecule has 0 saturated carbocycles. The van der Waals surface area contributed by atoms with Crippen LogP contribution in [-0.4, -0.2) is 16.6 Å². The van der Waals surface area contributed by atoms with Gasteiger partial charge in [0.05, 0.1) is 0 Å². The van der Waals surface area contributed by atoms with Gasteiger partial charge in [0.2, 0.25) is 0 Å². The molecule has 0 saturated heterocycles. The van der Waals surface area contributed by atoms with Gasteiger partial charge in [0, 0.05) is 18.8 Å². The average molecular weight is 254 g/mol. The van der Waals surface area contributed by atoms with Gasteiger partial charge in [0.1, 0.15) is 6.33 Å². The summed E-state index contributed by atoms with van der Waals surface area (Å²) in [5, 5.41) is 0. The third kappa shape index (κ3) is 3.19. The maximum Gasteiger partial charge on any atom is 0.387 e. The molecule has 0 unspecified atom stereocenters. The van der Waals surface area contributed by atoms with Crippen molar-refractivity contribution >= 4 is 0 Å². The Balaban J connectivity index is 2.19. The Kier molecular flexibility index (Phi) is 3.76. The van der Waals surface area contributed by atoms with E-state index in [1.165, 1.54) is 18.5 Å². The smallest absolute Gasteiger partial charge is 0.387 e. The summed E-state index contributed by atoms with van der Waals surface area (Å²) >= 11 is 0. The second kappa shape index (κ2) is 5.48. The lowest BCUT2D eigenvalue weighted by molar-refractivity contribution is -0.0522. The number of aromatic nitrogens is 2. The molecule has 18 heavy (non-hydrogen) atoms. The van der Waals surface area contributed by atoms with E-state index in [4.69, 9.17) is 0 Å². The van der Waals surface area contributed by atoms with Crippen molar-refractivity contribution in [1.29, 1.82) is 0 Å². The summed E-state index contributed by atoms with van der Waals surface area (Å²) in [5.41, 5.74) is 1.44. The van der Waals surface area contributed by atoms with Crippen molar-refractivity contribution < 1.29 is 17.9 Å². The Morgan fingerprint density at radius 2 is 1.83 bits per heavy atom. The highest BCUT2D eigenvalue weighted by Gasteiger charge is 2.10. The first-order chi connectivity index (χ1) is 8.65. The molecule has 0 spiro atoms. The molecular weight excluding hydrogens is 245 g/mol. The van der Waals surface area contributed by atoms with E-state index in [2.05, 4.69) is 14.7 Å².